The van der Waals surface area contributed by atoms with Crippen LogP contribution < -0.4 is 0 Å². The van der Waals surface area contributed by atoms with Crippen molar-refractivity contribution in [2.24, 2.45) is 5.16 Å². The molecular weight excluding hydrogens is 358 g/mol. The molecule has 0 saturated carbocycles. The Morgan fingerprint density at radius 3 is 1.62 bits per heavy atom. The fraction of sp³-hybridized carbons (Fsp3) is 0. The molecule has 4 aromatic rings. The van der Waals surface area contributed by atoms with Crippen LogP contribution in [0, 0.1) is 0 Å². The number of hydrogen-bond acceptors (Lipinski definition) is 3. The number of fused-ring (bicyclic) bond motifs is 3. The Morgan fingerprint density at radius 1 is 0.552 bits per heavy atom. The van der Waals surface area contributed by atoms with Crippen molar-refractivity contribution in [1.82, 2.24) is 0 Å². The molecule has 0 atom stereocenters. The number of hydrogen-bond donors (Lipinski definition) is 0. The first-order chi connectivity index (χ1) is 14.3. The van der Waals surface area contributed by atoms with Gasteiger partial charge in [-0.2, -0.15) is 0 Å². The molecule has 0 spiro atoms. The SMILES string of the molecule is O=C(ON=C1c2ccccc2-c2ccccc21)c1ccc(-c2ccccc2)cc1. The number of carbonyl (C=O) groups excluding carboxylic acids is 1. The Morgan fingerprint density at radius 2 is 1.03 bits per heavy atom. The van der Waals surface area contributed by atoms with Crippen molar-refractivity contribution in [3.05, 3.63) is 120 Å². The second kappa shape index (κ2) is 7.21. The number of nitrogens with zero attached hydrogens (tertiary/aromatic N) is 1. The molecule has 4 aromatic carbocycles. The third-order valence-corrected chi connectivity index (χ3v) is 5.10. The molecule has 0 aliphatic heterocycles. The van der Waals surface area contributed by atoms with Crippen LogP contribution in [0.15, 0.2) is 108 Å². The lowest BCUT2D eigenvalue weighted by Crippen LogP contribution is -2.05. The molecule has 5 rings (SSSR count). The van der Waals surface area contributed by atoms with E-state index in [0.717, 1.165) is 33.4 Å². The van der Waals surface area contributed by atoms with Crippen LogP contribution >= 0.6 is 0 Å². The third kappa shape index (κ3) is 3.13. The first-order valence-corrected chi connectivity index (χ1v) is 9.45. The van der Waals surface area contributed by atoms with Gasteiger partial charge in [0.05, 0.1) is 5.56 Å². The van der Waals surface area contributed by atoms with E-state index in [1.54, 1.807) is 12.1 Å². The molecule has 3 nitrogen and oxygen atoms in total. The van der Waals surface area contributed by atoms with Gasteiger partial charge in [-0.05, 0) is 34.4 Å². The van der Waals surface area contributed by atoms with Gasteiger partial charge in [0.15, 0.2) is 0 Å². The lowest BCUT2D eigenvalue weighted by Gasteiger charge is -2.04. The van der Waals surface area contributed by atoms with Gasteiger partial charge in [0.1, 0.15) is 5.71 Å². The molecule has 0 fully saturated rings. The Hall–Kier alpha value is -3.98. The van der Waals surface area contributed by atoms with Crippen LogP contribution in [-0.4, -0.2) is 11.7 Å². The monoisotopic (exact) mass is 375 g/mol. The van der Waals surface area contributed by atoms with Crippen LogP contribution in [-0.2, 0) is 4.84 Å². The van der Waals surface area contributed by atoms with Crippen LogP contribution in [0.2, 0.25) is 0 Å². The highest BCUT2D eigenvalue weighted by molar-refractivity contribution is 6.24. The van der Waals surface area contributed by atoms with Crippen LogP contribution in [0.3, 0.4) is 0 Å². The van der Waals surface area contributed by atoms with E-state index < -0.39 is 5.97 Å². The summed E-state index contributed by atoms with van der Waals surface area (Å²) in [7, 11) is 0. The molecule has 0 N–H and O–H groups in total. The van der Waals surface area contributed by atoms with E-state index in [2.05, 4.69) is 17.3 Å². The van der Waals surface area contributed by atoms with E-state index in [0.29, 0.717) is 11.3 Å². The third-order valence-electron chi connectivity index (χ3n) is 5.10. The number of carbonyl (C=O) groups is 1. The van der Waals surface area contributed by atoms with Gasteiger partial charge in [-0.3, -0.25) is 0 Å². The molecule has 0 saturated heterocycles. The van der Waals surface area contributed by atoms with Gasteiger partial charge in [0.25, 0.3) is 0 Å². The van der Waals surface area contributed by atoms with Crippen LogP contribution in [0.1, 0.15) is 21.5 Å². The van der Waals surface area contributed by atoms with Gasteiger partial charge in [-0.1, -0.05) is 96.2 Å². The maximum Gasteiger partial charge on any atom is 0.365 e. The Labute approximate surface area is 168 Å². The smallest absolute Gasteiger partial charge is 0.312 e. The zero-order valence-corrected chi connectivity index (χ0v) is 15.6. The molecule has 1 aliphatic rings. The minimum Gasteiger partial charge on any atom is -0.312 e. The summed E-state index contributed by atoms with van der Waals surface area (Å²) in [4.78, 5) is 17.9. The lowest BCUT2D eigenvalue weighted by atomic mass is 10.0. The maximum atomic E-state index is 12.5. The molecule has 0 bridgehead atoms. The van der Waals surface area contributed by atoms with Gasteiger partial charge >= 0.3 is 5.97 Å². The standard InChI is InChI=1S/C26H17NO2/c28-26(20-16-14-19(15-17-20)18-8-2-1-3-9-18)29-27-25-23-12-6-4-10-21(23)22-11-5-7-13-24(22)25/h1-17H. The number of benzene rings is 4. The predicted molar refractivity (Wildman–Crippen MR) is 115 cm³/mol. The summed E-state index contributed by atoms with van der Waals surface area (Å²) in [6.45, 7) is 0. The predicted octanol–water partition coefficient (Wildman–Crippen LogP) is 5.94. The van der Waals surface area contributed by atoms with Crippen LogP contribution in [0.5, 0.6) is 0 Å². The highest BCUT2D eigenvalue weighted by Crippen LogP contribution is 2.36. The number of oxime groups is 1. The average Bonchev–Trinajstić information content (AvgIpc) is 3.12. The molecular formula is C26H17NO2. The fourth-order valence-corrected chi connectivity index (χ4v) is 3.66. The summed E-state index contributed by atoms with van der Waals surface area (Å²) < 4.78 is 0. The topological polar surface area (TPSA) is 38.7 Å². The van der Waals surface area contributed by atoms with Crippen molar-refractivity contribution < 1.29 is 9.63 Å². The van der Waals surface area contributed by atoms with E-state index in [1.807, 2.05) is 78.9 Å². The maximum absolute atomic E-state index is 12.5. The highest BCUT2D eigenvalue weighted by atomic mass is 16.7. The molecule has 29 heavy (non-hydrogen) atoms. The van der Waals surface area contributed by atoms with Crippen LogP contribution in [0.4, 0.5) is 0 Å². The molecule has 0 aromatic heterocycles. The van der Waals surface area contributed by atoms with Crippen molar-refractivity contribution in [3.63, 3.8) is 0 Å². The molecule has 0 amide bonds. The molecule has 0 heterocycles. The van der Waals surface area contributed by atoms with E-state index in [-0.39, 0.29) is 0 Å². The van der Waals surface area contributed by atoms with Gasteiger partial charge in [-0.25, -0.2) is 4.79 Å². The van der Waals surface area contributed by atoms with Gasteiger partial charge in [-0.15, -0.1) is 0 Å². The lowest BCUT2D eigenvalue weighted by molar-refractivity contribution is 0.0517. The van der Waals surface area contributed by atoms with Crippen molar-refractivity contribution in [1.29, 1.82) is 0 Å². The number of rotatable bonds is 3. The van der Waals surface area contributed by atoms with Crippen molar-refractivity contribution in [2.75, 3.05) is 0 Å². The molecule has 0 radical (unpaired) electrons. The quantitative estimate of drug-likeness (QED) is 0.289. The van der Waals surface area contributed by atoms with E-state index >= 15 is 0 Å². The zero-order valence-electron chi connectivity index (χ0n) is 15.6. The Balaban J connectivity index is 1.41. The first-order valence-electron chi connectivity index (χ1n) is 9.45. The molecule has 3 heteroatoms. The first kappa shape index (κ1) is 17.1. The minimum atomic E-state index is -0.473. The largest absolute Gasteiger partial charge is 0.365 e. The molecule has 138 valence electrons. The molecule has 1 aliphatic carbocycles. The normalized spacial score (nSPS) is 11.5. The van der Waals surface area contributed by atoms with E-state index in [1.165, 1.54) is 0 Å². The summed E-state index contributed by atoms with van der Waals surface area (Å²) in [6, 6.07) is 33.4. The zero-order chi connectivity index (χ0) is 19.6. The van der Waals surface area contributed by atoms with Crippen molar-refractivity contribution in [2.45, 2.75) is 0 Å². The van der Waals surface area contributed by atoms with E-state index in [4.69, 9.17) is 4.84 Å². The highest BCUT2D eigenvalue weighted by Gasteiger charge is 2.25. The Kier molecular flexibility index (Phi) is 4.26. The summed E-state index contributed by atoms with van der Waals surface area (Å²) >= 11 is 0. The van der Waals surface area contributed by atoms with Gasteiger partial charge < -0.3 is 4.84 Å². The van der Waals surface area contributed by atoms with Crippen molar-refractivity contribution in [3.8, 4) is 22.3 Å². The minimum absolute atomic E-state index is 0.466. The van der Waals surface area contributed by atoms with Crippen molar-refractivity contribution >= 4 is 11.7 Å². The second-order valence-electron chi connectivity index (χ2n) is 6.85. The summed E-state index contributed by atoms with van der Waals surface area (Å²) in [5.74, 6) is -0.473. The second-order valence-corrected chi connectivity index (χ2v) is 6.85. The summed E-state index contributed by atoms with van der Waals surface area (Å²) in [6.07, 6.45) is 0. The van der Waals surface area contributed by atoms with E-state index in [9.17, 15) is 4.79 Å². The Bertz CT molecular complexity index is 1180. The van der Waals surface area contributed by atoms with Gasteiger partial charge in [0, 0.05) is 11.1 Å². The summed E-state index contributed by atoms with van der Waals surface area (Å²) in [5.41, 5.74) is 7.45. The van der Waals surface area contributed by atoms with Crippen LogP contribution in [0.25, 0.3) is 22.3 Å². The molecule has 0 unspecified atom stereocenters. The summed E-state index contributed by atoms with van der Waals surface area (Å²) in [5, 5.41) is 4.23. The van der Waals surface area contributed by atoms with Gasteiger partial charge in [0.2, 0.25) is 0 Å². The fourth-order valence-electron chi connectivity index (χ4n) is 3.66. The average molecular weight is 375 g/mol.